The fourth-order valence-electron chi connectivity index (χ4n) is 5.85. The number of likely N-dealkylation sites (tertiary alicyclic amines) is 1. The van der Waals surface area contributed by atoms with E-state index in [0.29, 0.717) is 0 Å². The van der Waals surface area contributed by atoms with E-state index in [1.54, 1.807) is 0 Å². The molecule has 1 saturated heterocycles. The first-order valence-electron chi connectivity index (χ1n) is 12.2. The van der Waals surface area contributed by atoms with Gasteiger partial charge in [0.25, 0.3) is 0 Å². The zero-order chi connectivity index (χ0) is 23.3. The van der Waals surface area contributed by atoms with Gasteiger partial charge < -0.3 is 10.2 Å². The van der Waals surface area contributed by atoms with E-state index in [4.69, 9.17) is 5.73 Å². The van der Waals surface area contributed by atoms with Gasteiger partial charge in [0.1, 0.15) is 5.41 Å². The SMILES string of the molecule is Cc1ccc(C(C(N)=O)(c2ccccc2)C2CC[N+](C)(CCCCc3ccccc3)C2)cc1. The first kappa shape index (κ1) is 23.3. The first-order chi connectivity index (χ1) is 15.9. The number of hydrogen-bond donors (Lipinski definition) is 1. The van der Waals surface area contributed by atoms with E-state index in [0.717, 1.165) is 48.1 Å². The van der Waals surface area contributed by atoms with Crippen LogP contribution in [0.1, 0.15) is 41.5 Å². The third-order valence-electron chi connectivity index (χ3n) is 7.67. The second-order valence-electron chi connectivity index (χ2n) is 10.1. The van der Waals surface area contributed by atoms with E-state index in [1.807, 2.05) is 18.2 Å². The molecule has 0 bridgehead atoms. The van der Waals surface area contributed by atoms with Crippen molar-refractivity contribution in [3.8, 4) is 0 Å². The summed E-state index contributed by atoms with van der Waals surface area (Å²) in [6.07, 6.45) is 4.52. The highest BCUT2D eigenvalue weighted by Gasteiger charge is 2.53. The molecule has 0 aromatic heterocycles. The first-order valence-corrected chi connectivity index (χ1v) is 12.2. The molecule has 1 aliphatic heterocycles. The Morgan fingerprint density at radius 3 is 2.15 bits per heavy atom. The van der Waals surface area contributed by atoms with Crippen molar-refractivity contribution < 1.29 is 9.28 Å². The predicted octanol–water partition coefficient (Wildman–Crippen LogP) is 5.26. The Morgan fingerprint density at radius 1 is 0.909 bits per heavy atom. The third kappa shape index (κ3) is 4.89. The van der Waals surface area contributed by atoms with Gasteiger partial charge in [-0.1, -0.05) is 90.5 Å². The summed E-state index contributed by atoms with van der Waals surface area (Å²) in [7, 11) is 2.36. The smallest absolute Gasteiger partial charge is 0.233 e. The Morgan fingerprint density at radius 2 is 1.52 bits per heavy atom. The van der Waals surface area contributed by atoms with Crippen LogP contribution in [-0.2, 0) is 16.6 Å². The van der Waals surface area contributed by atoms with Crippen molar-refractivity contribution in [2.24, 2.45) is 11.7 Å². The van der Waals surface area contributed by atoms with Gasteiger partial charge in [-0.3, -0.25) is 4.79 Å². The minimum Gasteiger partial charge on any atom is -0.369 e. The molecule has 3 atom stereocenters. The number of rotatable bonds is 9. The second-order valence-corrected chi connectivity index (χ2v) is 10.1. The topological polar surface area (TPSA) is 43.1 Å². The Labute approximate surface area is 198 Å². The molecule has 3 aromatic carbocycles. The van der Waals surface area contributed by atoms with Crippen LogP contribution in [0.4, 0.5) is 0 Å². The lowest BCUT2D eigenvalue weighted by molar-refractivity contribution is -0.899. The maximum absolute atomic E-state index is 13.3. The molecule has 0 spiro atoms. The predicted molar refractivity (Wildman–Crippen MR) is 136 cm³/mol. The summed E-state index contributed by atoms with van der Waals surface area (Å²) in [5.41, 5.74) is 10.1. The van der Waals surface area contributed by atoms with Crippen LogP contribution in [0.25, 0.3) is 0 Å². The number of aryl methyl sites for hydroxylation is 2. The van der Waals surface area contributed by atoms with Gasteiger partial charge in [-0.05, 0) is 42.9 Å². The number of hydrogen-bond acceptors (Lipinski definition) is 1. The molecule has 2 N–H and O–H groups in total. The summed E-state index contributed by atoms with van der Waals surface area (Å²) in [6.45, 7) is 5.28. The molecule has 0 aliphatic carbocycles. The fraction of sp³-hybridized carbons (Fsp3) is 0.367. The molecular weight excluding hydrogens is 404 g/mol. The van der Waals surface area contributed by atoms with Gasteiger partial charge in [0.15, 0.2) is 0 Å². The van der Waals surface area contributed by atoms with E-state index in [-0.39, 0.29) is 11.8 Å². The molecule has 1 amide bonds. The maximum atomic E-state index is 13.3. The Kier molecular flexibility index (Phi) is 6.99. The van der Waals surface area contributed by atoms with Crippen LogP contribution in [0.5, 0.6) is 0 Å². The third-order valence-corrected chi connectivity index (χ3v) is 7.67. The van der Waals surface area contributed by atoms with Gasteiger partial charge in [-0.25, -0.2) is 0 Å². The lowest BCUT2D eigenvalue weighted by Gasteiger charge is -2.38. The molecule has 1 fully saturated rings. The number of amides is 1. The number of quaternary nitrogens is 1. The molecule has 1 heterocycles. The zero-order valence-corrected chi connectivity index (χ0v) is 20.0. The molecule has 1 aliphatic rings. The van der Waals surface area contributed by atoms with Crippen molar-refractivity contribution in [2.75, 3.05) is 26.7 Å². The van der Waals surface area contributed by atoms with Crippen LogP contribution in [0.3, 0.4) is 0 Å². The summed E-state index contributed by atoms with van der Waals surface area (Å²) in [5, 5.41) is 0. The Bertz CT molecular complexity index is 1050. The standard InChI is InChI=1S/C30H36N2O/c1-24-16-18-27(19-17-24)30(29(31)33,26-14-7-4-8-15-26)28-20-22-32(2,23-28)21-10-9-13-25-11-5-3-6-12-25/h3-8,11-12,14-19,28H,9-10,13,20-23H2,1-2H3,(H-,31,33)/p+1. The monoisotopic (exact) mass is 441 g/mol. The largest absolute Gasteiger partial charge is 0.369 e. The van der Waals surface area contributed by atoms with Crippen LogP contribution in [0.15, 0.2) is 84.9 Å². The molecular formula is C30H37N2O+. The summed E-state index contributed by atoms with van der Waals surface area (Å²) in [5.74, 6) is -0.0562. The van der Waals surface area contributed by atoms with Crippen molar-refractivity contribution in [3.05, 3.63) is 107 Å². The van der Waals surface area contributed by atoms with Crippen molar-refractivity contribution in [1.29, 1.82) is 0 Å². The molecule has 3 nitrogen and oxygen atoms in total. The highest BCUT2D eigenvalue weighted by Crippen LogP contribution is 2.45. The number of benzene rings is 3. The average molecular weight is 442 g/mol. The summed E-state index contributed by atoms with van der Waals surface area (Å²) >= 11 is 0. The van der Waals surface area contributed by atoms with Gasteiger partial charge in [-0.15, -0.1) is 0 Å². The van der Waals surface area contributed by atoms with Crippen LogP contribution in [-0.4, -0.2) is 37.1 Å². The molecule has 4 rings (SSSR count). The maximum Gasteiger partial charge on any atom is 0.233 e. The molecule has 0 saturated carbocycles. The lowest BCUT2D eigenvalue weighted by Crippen LogP contribution is -2.51. The molecule has 172 valence electrons. The van der Waals surface area contributed by atoms with Gasteiger partial charge in [0.2, 0.25) is 5.91 Å². The lowest BCUT2D eigenvalue weighted by atomic mass is 9.64. The minimum absolute atomic E-state index is 0.180. The average Bonchev–Trinajstić information content (AvgIpc) is 3.22. The molecule has 3 aromatic rings. The number of nitrogens with two attached hydrogens (primary N) is 1. The number of primary amides is 1. The second kappa shape index (κ2) is 9.93. The van der Waals surface area contributed by atoms with Crippen molar-refractivity contribution >= 4 is 5.91 Å². The molecule has 3 heteroatoms. The van der Waals surface area contributed by atoms with Gasteiger partial charge in [0, 0.05) is 12.3 Å². The van der Waals surface area contributed by atoms with Crippen LogP contribution in [0, 0.1) is 12.8 Å². The normalized spacial score (nSPS) is 22.1. The summed E-state index contributed by atoms with van der Waals surface area (Å²) < 4.78 is 1.01. The number of carbonyl (C=O) groups excluding carboxylic acids is 1. The highest BCUT2D eigenvalue weighted by atomic mass is 16.1. The quantitative estimate of drug-likeness (QED) is 0.357. The van der Waals surface area contributed by atoms with Crippen LogP contribution >= 0.6 is 0 Å². The van der Waals surface area contributed by atoms with Crippen LogP contribution < -0.4 is 5.73 Å². The number of unbranched alkanes of at least 4 members (excludes halogenated alkanes) is 1. The van der Waals surface area contributed by atoms with E-state index in [1.165, 1.54) is 24.0 Å². The van der Waals surface area contributed by atoms with Crippen molar-refractivity contribution in [2.45, 2.75) is 38.0 Å². The van der Waals surface area contributed by atoms with Crippen molar-refractivity contribution in [3.63, 3.8) is 0 Å². The summed E-state index contributed by atoms with van der Waals surface area (Å²) in [6, 6.07) is 29.4. The van der Waals surface area contributed by atoms with Gasteiger partial charge >= 0.3 is 0 Å². The van der Waals surface area contributed by atoms with E-state index in [9.17, 15) is 4.79 Å². The highest BCUT2D eigenvalue weighted by molar-refractivity contribution is 5.91. The fourth-order valence-corrected chi connectivity index (χ4v) is 5.85. The molecule has 3 unspecified atom stereocenters. The summed E-state index contributed by atoms with van der Waals surface area (Å²) in [4.78, 5) is 13.3. The molecule has 33 heavy (non-hydrogen) atoms. The van der Waals surface area contributed by atoms with E-state index < -0.39 is 5.41 Å². The number of nitrogens with zero attached hydrogens (tertiary/aromatic N) is 1. The zero-order valence-electron chi connectivity index (χ0n) is 20.0. The Hall–Kier alpha value is -2.91. The van der Waals surface area contributed by atoms with Crippen molar-refractivity contribution in [1.82, 2.24) is 0 Å². The van der Waals surface area contributed by atoms with E-state index in [2.05, 4.69) is 80.7 Å². The number of carbonyl (C=O) groups is 1. The van der Waals surface area contributed by atoms with Crippen LogP contribution in [0.2, 0.25) is 0 Å². The minimum atomic E-state index is -0.797. The Balaban J connectivity index is 1.55. The van der Waals surface area contributed by atoms with E-state index >= 15 is 0 Å². The van der Waals surface area contributed by atoms with Gasteiger partial charge in [-0.2, -0.15) is 0 Å². The molecule has 0 radical (unpaired) electrons. The van der Waals surface area contributed by atoms with Gasteiger partial charge in [0.05, 0.1) is 26.7 Å².